The van der Waals surface area contributed by atoms with E-state index in [2.05, 4.69) is 20.6 Å². The van der Waals surface area contributed by atoms with Crippen molar-refractivity contribution in [2.24, 2.45) is 0 Å². The Morgan fingerprint density at radius 2 is 2.04 bits per heavy atom. The number of benzene rings is 1. The third-order valence-electron chi connectivity index (χ3n) is 4.27. The molecule has 0 radical (unpaired) electrons. The molecule has 1 aliphatic rings. The number of thiazole rings is 1. The van der Waals surface area contributed by atoms with Gasteiger partial charge in [0, 0.05) is 29.4 Å². The second kappa shape index (κ2) is 8.28. The minimum Gasteiger partial charge on any atom is -0.368 e. The van der Waals surface area contributed by atoms with Gasteiger partial charge in [0.1, 0.15) is 11.8 Å². The average molecular weight is 394 g/mol. The van der Waals surface area contributed by atoms with E-state index in [1.54, 1.807) is 30.5 Å². The number of hydrogen-bond donors (Lipinski definition) is 2. The molecule has 1 atom stereocenters. The Bertz CT molecular complexity index is 984. The van der Waals surface area contributed by atoms with Gasteiger partial charge in [-0.2, -0.15) is 0 Å². The van der Waals surface area contributed by atoms with Crippen LogP contribution < -0.4 is 10.6 Å². The van der Waals surface area contributed by atoms with E-state index in [9.17, 15) is 9.59 Å². The average Bonchev–Trinajstić information content (AvgIpc) is 3.41. The van der Waals surface area contributed by atoms with Crippen LogP contribution in [0.1, 0.15) is 23.2 Å². The number of ether oxygens (including phenoxy) is 1. The summed E-state index contributed by atoms with van der Waals surface area (Å²) in [5.74, 6) is -0.481. The van der Waals surface area contributed by atoms with Crippen LogP contribution in [0.3, 0.4) is 0 Å². The molecule has 1 fully saturated rings. The molecular formula is C20H18N4O3S. The highest BCUT2D eigenvalue weighted by Gasteiger charge is 2.23. The first-order valence-corrected chi connectivity index (χ1v) is 9.78. The molecule has 3 aromatic rings. The number of pyridine rings is 1. The molecule has 3 heterocycles. The zero-order chi connectivity index (χ0) is 19.3. The molecule has 1 aromatic carbocycles. The molecule has 0 bridgehead atoms. The lowest BCUT2D eigenvalue weighted by atomic mass is 10.1. The maximum absolute atomic E-state index is 12.6. The largest absolute Gasteiger partial charge is 0.368 e. The number of nitrogens with zero attached hydrogens (tertiary/aromatic N) is 2. The smallest absolute Gasteiger partial charge is 0.257 e. The molecule has 2 aromatic heterocycles. The molecule has 0 saturated carbocycles. The number of carbonyl (C=O) groups is 2. The third-order valence-corrected chi connectivity index (χ3v) is 5.02. The van der Waals surface area contributed by atoms with E-state index in [4.69, 9.17) is 4.74 Å². The highest BCUT2D eigenvalue weighted by molar-refractivity contribution is 7.14. The number of hydrogen-bond acceptors (Lipinski definition) is 6. The highest BCUT2D eigenvalue weighted by Crippen LogP contribution is 2.24. The Labute approximate surface area is 165 Å². The van der Waals surface area contributed by atoms with Gasteiger partial charge in [0.25, 0.3) is 11.8 Å². The number of nitrogens with one attached hydrogen (secondary N) is 2. The summed E-state index contributed by atoms with van der Waals surface area (Å²) in [5.41, 5.74) is 2.44. The van der Waals surface area contributed by atoms with Gasteiger partial charge < -0.3 is 10.1 Å². The standard InChI is InChI=1S/C20H18N4O3S/c25-18(24-20-23-16(12-28-20)15-7-1-2-9-21-15)13-5-3-6-14(11-13)22-19(26)17-8-4-10-27-17/h1-3,5-7,9,11-12,17H,4,8,10H2,(H,22,26)(H,23,24,25). The fraction of sp³-hybridized carbons (Fsp3) is 0.200. The van der Waals surface area contributed by atoms with Gasteiger partial charge in [-0.05, 0) is 43.2 Å². The Kier molecular flexibility index (Phi) is 5.41. The summed E-state index contributed by atoms with van der Waals surface area (Å²) >= 11 is 1.33. The van der Waals surface area contributed by atoms with Crippen LogP contribution in [0.2, 0.25) is 0 Å². The van der Waals surface area contributed by atoms with Crippen molar-refractivity contribution in [3.8, 4) is 11.4 Å². The van der Waals surface area contributed by atoms with Gasteiger partial charge in [-0.25, -0.2) is 4.98 Å². The van der Waals surface area contributed by atoms with Crippen molar-refractivity contribution >= 4 is 34.0 Å². The second-order valence-electron chi connectivity index (χ2n) is 6.28. The molecule has 1 saturated heterocycles. The molecule has 142 valence electrons. The molecule has 28 heavy (non-hydrogen) atoms. The van der Waals surface area contributed by atoms with Gasteiger partial charge in [0.2, 0.25) is 0 Å². The SMILES string of the molecule is O=C(Nc1nc(-c2ccccn2)cs1)c1cccc(NC(=O)C2CCCO2)c1. The van der Waals surface area contributed by atoms with Gasteiger partial charge in [-0.1, -0.05) is 12.1 Å². The van der Waals surface area contributed by atoms with E-state index in [0.717, 1.165) is 12.1 Å². The molecule has 0 spiro atoms. The van der Waals surface area contributed by atoms with Gasteiger partial charge in [0.15, 0.2) is 5.13 Å². The maximum Gasteiger partial charge on any atom is 0.257 e. The number of anilines is 2. The lowest BCUT2D eigenvalue weighted by Gasteiger charge is -2.11. The second-order valence-corrected chi connectivity index (χ2v) is 7.14. The van der Waals surface area contributed by atoms with Gasteiger partial charge in [-0.3, -0.25) is 19.9 Å². The maximum atomic E-state index is 12.6. The van der Waals surface area contributed by atoms with Crippen LogP contribution in [0, 0.1) is 0 Å². The molecule has 7 nitrogen and oxygen atoms in total. The molecular weight excluding hydrogens is 376 g/mol. The van der Waals surface area contributed by atoms with E-state index in [1.807, 2.05) is 23.6 Å². The van der Waals surface area contributed by atoms with Crippen molar-refractivity contribution in [2.45, 2.75) is 18.9 Å². The minimum atomic E-state index is -0.419. The fourth-order valence-electron chi connectivity index (χ4n) is 2.88. The molecule has 8 heteroatoms. The van der Waals surface area contributed by atoms with Crippen LogP contribution in [0.5, 0.6) is 0 Å². The van der Waals surface area contributed by atoms with Crippen LogP contribution in [-0.2, 0) is 9.53 Å². The lowest BCUT2D eigenvalue weighted by molar-refractivity contribution is -0.124. The van der Waals surface area contributed by atoms with E-state index in [1.165, 1.54) is 11.3 Å². The quantitative estimate of drug-likeness (QED) is 0.690. The zero-order valence-corrected chi connectivity index (χ0v) is 15.7. The lowest BCUT2D eigenvalue weighted by Crippen LogP contribution is -2.27. The van der Waals surface area contributed by atoms with Crippen LogP contribution in [0.15, 0.2) is 54.0 Å². The van der Waals surface area contributed by atoms with Crippen LogP contribution in [0.4, 0.5) is 10.8 Å². The first-order valence-electron chi connectivity index (χ1n) is 8.90. The molecule has 0 aliphatic carbocycles. The van der Waals surface area contributed by atoms with Gasteiger partial charge >= 0.3 is 0 Å². The summed E-state index contributed by atoms with van der Waals surface area (Å²) in [6, 6.07) is 12.4. The van der Waals surface area contributed by atoms with Gasteiger partial charge in [-0.15, -0.1) is 11.3 Å². The zero-order valence-electron chi connectivity index (χ0n) is 14.9. The number of amides is 2. The summed E-state index contributed by atoms with van der Waals surface area (Å²) in [5, 5.41) is 7.92. The molecule has 2 amide bonds. The van der Waals surface area contributed by atoms with Crippen molar-refractivity contribution in [1.29, 1.82) is 0 Å². The predicted octanol–water partition coefficient (Wildman–Crippen LogP) is 3.57. The van der Waals surface area contributed by atoms with Crippen molar-refractivity contribution in [3.05, 3.63) is 59.6 Å². The Balaban J connectivity index is 1.42. The summed E-state index contributed by atoms with van der Waals surface area (Å²) in [4.78, 5) is 33.4. The van der Waals surface area contributed by atoms with E-state index in [0.29, 0.717) is 35.1 Å². The molecule has 4 rings (SSSR count). The van der Waals surface area contributed by atoms with E-state index in [-0.39, 0.29) is 11.8 Å². The Morgan fingerprint density at radius 1 is 1.11 bits per heavy atom. The topological polar surface area (TPSA) is 93.2 Å². The van der Waals surface area contributed by atoms with E-state index >= 15 is 0 Å². The minimum absolute atomic E-state index is 0.185. The Morgan fingerprint density at radius 3 is 2.82 bits per heavy atom. The van der Waals surface area contributed by atoms with Crippen molar-refractivity contribution in [2.75, 3.05) is 17.2 Å². The summed E-state index contributed by atoms with van der Waals surface area (Å²) < 4.78 is 5.38. The number of aromatic nitrogens is 2. The summed E-state index contributed by atoms with van der Waals surface area (Å²) in [6.45, 7) is 0.606. The first kappa shape index (κ1) is 18.3. The van der Waals surface area contributed by atoms with Crippen LogP contribution >= 0.6 is 11.3 Å². The molecule has 2 N–H and O–H groups in total. The highest BCUT2D eigenvalue weighted by atomic mass is 32.1. The molecule has 1 unspecified atom stereocenters. The van der Waals surface area contributed by atoms with Crippen LogP contribution in [-0.4, -0.2) is 34.5 Å². The van der Waals surface area contributed by atoms with Gasteiger partial charge in [0.05, 0.1) is 5.69 Å². The van der Waals surface area contributed by atoms with E-state index < -0.39 is 6.10 Å². The number of rotatable bonds is 5. The Hall–Kier alpha value is -3.10. The number of carbonyl (C=O) groups excluding carboxylic acids is 2. The normalized spacial score (nSPS) is 15.9. The third kappa shape index (κ3) is 4.24. The molecule has 1 aliphatic heterocycles. The van der Waals surface area contributed by atoms with Crippen molar-refractivity contribution < 1.29 is 14.3 Å². The van der Waals surface area contributed by atoms with Crippen LogP contribution in [0.25, 0.3) is 11.4 Å². The van der Waals surface area contributed by atoms with Crippen molar-refractivity contribution in [1.82, 2.24) is 9.97 Å². The summed E-state index contributed by atoms with van der Waals surface area (Å²) in [7, 11) is 0. The fourth-order valence-corrected chi connectivity index (χ4v) is 3.58. The predicted molar refractivity (Wildman–Crippen MR) is 107 cm³/mol. The monoisotopic (exact) mass is 394 g/mol. The van der Waals surface area contributed by atoms with Crippen molar-refractivity contribution in [3.63, 3.8) is 0 Å². The summed E-state index contributed by atoms with van der Waals surface area (Å²) in [6.07, 6.45) is 2.88. The first-order chi connectivity index (χ1) is 13.7.